The first-order valence-electron chi connectivity index (χ1n) is 8.74. The molecule has 1 aliphatic heterocycles. The van der Waals surface area contributed by atoms with E-state index in [9.17, 15) is 8.42 Å². The average Bonchev–Trinajstić information content (AvgIpc) is 2.64. The van der Waals surface area contributed by atoms with Gasteiger partial charge in [0.25, 0.3) is 0 Å². The molecule has 3 rings (SSSR count). The van der Waals surface area contributed by atoms with E-state index in [0.717, 1.165) is 30.9 Å². The molecule has 0 spiro atoms. The van der Waals surface area contributed by atoms with Gasteiger partial charge in [-0.1, -0.05) is 29.3 Å². The first-order chi connectivity index (χ1) is 12.4. The number of sulfonamides is 1. The van der Waals surface area contributed by atoms with E-state index in [4.69, 9.17) is 16.3 Å². The normalized spacial score (nSPS) is 16.5. The van der Waals surface area contributed by atoms with Gasteiger partial charge in [0.1, 0.15) is 18.9 Å². The lowest BCUT2D eigenvalue weighted by atomic mass is 10.2. The van der Waals surface area contributed by atoms with E-state index in [1.807, 2.05) is 31.2 Å². The fraction of sp³-hybridized carbons (Fsp3) is 0.368. The Hall–Kier alpha value is -1.60. The number of nitrogens with zero attached hydrogens (tertiary/aromatic N) is 1. The number of aryl methyl sites for hydroxylation is 1. The van der Waals surface area contributed by atoms with Crippen molar-refractivity contribution in [3.05, 3.63) is 59.1 Å². The maximum atomic E-state index is 12.7. The van der Waals surface area contributed by atoms with Crippen LogP contribution in [-0.4, -0.2) is 52.1 Å². The van der Waals surface area contributed by atoms with Gasteiger partial charge in [0, 0.05) is 5.02 Å². The molecular formula is C19H24ClN2O3S+. The second-order valence-electron chi connectivity index (χ2n) is 6.52. The summed E-state index contributed by atoms with van der Waals surface area (Å²) in [6.45, 7) is 6.04. The summed E-state index contributed by atoms with van der Waals surface area (Å²) in [6, 6.07) is 14.4. The molecule has 0 radical (unpaired) electrons. The second kappa shape index (κ2) is 8.39. The molecule has 0 aromatic heterocycles. The largest absolute Gasteiger partial charge is 0.488 e. The number of benzene rings is 2. The van der Waals surface area contributed by atoms with Crippen LogP contribution >= 0.6 is 11.6 Å². The minimum atomic E-state index is -3.39. The van der Waals surface area contributed by atoms with E-state index in [1.54, 1.807) is 28.6 Å². The standard InChI is InChI=1S/C19H23ClN2O3S/c1-16-2-8-19(9-3-16)26(23,24)22-12-10-21(11-13-22)14-15-25-18-6-4-17(20)5-7-18/h2-9H,10-15H2,1H3/p+1. The van der Waals surface area contributed by atoms with Gasteiger partial charge < -0.3 is 9.64 Å². The molecule has 7 heteroatoms. The molecule has 0 unspecified atom stereocenters. The Morgan fingerprint density at radius 1 is 1.04 bits per heavy atom. The van der Waals surface area contributed by atoms with Crippen LogP contribution in [0, 0.1) is 6.92 Å². The lowest BCUT2D eigenvalue weighted by Crippen LogP contribution is -3.15. The Kier molecular flexibility index (Phi) is 6.19. The number of rotatable bonds is 6. The number of hydrogen-bond acceptors (Lipinski definition) is 3. The number of quaternary nitrogens is 1. The van der Waals surface area contributed by atoms with E-state index >= 15 is 0 Å². The van der Waals surface area contributed by atoms with Crippen LogP contribution in [0.4, 0.5) is 0 Å². The van der Waals surface area contributed by atoms with Gasteiger partial charge in [-0.05, 0) is 43.3 Å². The first kappa shape index (κ1) is 19.2. The highest BCUT2D eigenvalue weighted by molar-refractivity contribution is 7.89. The van der Waals surface area contributed by atoms with Crippen molar-refractivity contribution in [1.29, 1.82) is 0 Å². The van der Waals surface area contributed by atoms with Gasteiger partial charge in [0.15, 0.2) is 0 Å². The third-order valence-electron chi connectivity index (χ3n) is 4.63. The lowest BCUT2D eigenvalue weighted by molar-refractivity contribution is -0.903. The van der Waals surface area contributed by atoms with Crippen molar-refractivity contribution >= 4 is 21.6 Å². The van der Waals surface area contributed by atoms with E-state index in [1.165, 1.54) is 4.90 Å². The van der Waals surface area contributed by atoms with Crippen LogP contribution in [0.1, 0.15) is 5.56 Å². The summed E-state index contributed by atoms with van der Waals surface area (Å²) in [6.07, 6.45) is 0. The number of halogens is 1. The Labute approximate surface area is 160 Å². The second-order valence-corrected chi connectivity index (χ2v) is 8.89. The highest BCUT2D eigenvalue weighted by Gasteiger charge is 2.30. The van der Waals surface area contributed by atoms with E-state index in [-0.39, 0.29) is 0 Å². The molecule has 1 saturated heterocycles. The topological polar surface area (TPSA) is 51.0 Å². The molecule has 140 valence electrons. The molecule has 26 heavy (non-hydrogen) atoms. The van der Waals surface area contributed by atoms with Crippen LogP contribution in [0.25, 0.3) is 0 Å². The summed E-state index contributed by atoms with van der Waals surface area (Å²) in [5, 5.41) is 0.689. The molecule has 2 aromatic rings. The highest BCUT2D eigenvalue weighted by atomic mass is 35.5. The van der Waals surface area contributed by atoms with Crippen LogP contribution in [0.5, 0.6) is 5.75 Å². The van der Waals surface area contributed by atoms with E-state index < -0.39 is 10.0 Å². The van der Waals surface area contributed by atoms with Gasteiger partial charge in [-0.2, -0.15) is 4.31 Å². The zero-order valence-corrected chi connectivity index (χ0v) is 16.4. The summed E-state index contributed by atoms with van der Waals surface area (Å²) in [5.74, 6) is 0.800. The van der Waals surface area contributed by atoms with Crippen LogP contribution in [0.2, 0.25) is 5.02 Å². The van der Waals surface area contributed by atoms with Crippen molar-refractivity contribution < 1.29 is 18.1 Å². The van der Waals surface area contributed by atoms with Crippen molar-refractivity contribution in [3.8, 4) is 5.75 Å². The minimum absolute atomic E-state index is 0.373. The molecule has 1 fully saturated rings. The Morgan fingerprint density at radius 2 is 1.65 bits per heavy atom. The Morgan fingerprint density at radius 3 is 2.27 bits per heavy atom. The van der Waals surface area contributed by atoms with Gasteiger partial charge in [0.05, 0.1) is 31.1 Å². The summed E-state index contributed by atoms with van der Waals surface area (Å²) < 4.78 is 32.7. The molecule has 1 N–H and O–H groups in total. The third-order valence-corrected chi connectivity index (χ3v) is 6.79. The molecular weight excluding hydrogens is 372 g/mol. The van der Waals surface area contributed by atoms with Gasteiger partial charge in [-0.3, -0.25) is 0 Å². The Balaban J connectivity index is 1.47. The number of hydrogen-bond donors (Lipinski definition) is 1. The van der Waals surface area contributed by atoms with Crippen molar-refractivity contribution in [2.45, 2.75) is 11.8 Å². The predicted molar refractivity (Wildman–Crippen MR) is 102 cm³/mol. The molecule has 0 bridgehead atoms. The van der Waals surface area contributed by atoms with Crippen molar-refractivity contribution in [2.75, 3.05) is 39.3 Å². The molecule has 1 heterocycles. The highest BCUT2D eigenvalue weighted by Crippen LogP contribution is 2.16. The van der Waals surface area contributed by atoms with Gasteiger partial charge in [-0.25, -0.2) is 8.42 Å². The van der Waals surface area contributed by atoms with Crippen LogP contribution in [-0.2, 0) is 10.0 Å². The first-order valence-corrected chi connectivity index (χ1v) is 10.6. The molecule has 2 aromatic carbocycles. The molecule has 1 aliphatic rings. The summed E-state index contributed by atoms with van der Waals surface area (Å²) in [7, 11) is -3.39. The third kappa shape index (κ3) is 4.76. The van der Waals surface area contributed by atoms with Gasteiger partial charge in [0.2, 0.25) is 10.0 Å². The van der Waals surface area contributed by atoms with E-state index in [2.05, 4.69) is 0 Å². The summed E-state index contributed by atoms with van der Waals surface area (Å²) in [5.41, 5.74) is 1.05. The van der Waals surface area contributed by atoms with Gasteiger partial charge in [-0.15, -0.1) is 0 Å². The van der Waals surface area contributed by atoms with Crippen molar-refractivity contribution in [2.24, 2.45) is 0 Å². The molecule has 0 saturated carbocycles. The molecule has 0 amide bonds. The number of ether oxygens (including phenoxy) is 1. The summed E-state index contributed by atoms with van der Waals surface area (Å²) in [4.78, 5) is 1.73. The molecule has 5 nitrogen and oxygen atoms in total. The maximum absolute atomic E-state index is 12.7. The van der Waals surface area contributed by atoms with Crippen molar-refractivity contribution in [1.82, 2.24) is 4.31 Å². The zero-order valence-electron chi connectivity index (χ0n) is 14.8. The van der Waals surface area contributed by atoms with Crippen LogP contribution in [0.15, 0.2) is 53.4 Å². The van der Waals surface area contributed by atoms with Crippen molar-refractivity contribution in [3.63, 3.8) is 0 Å². The average molecular weight is 396 g/mol. The van der Waals surface area contributed by atoms with Crippen LogP contribution < -0.4 is 9.64 Å². The van der Waals surface area contributed by atoms with E-state index in [0.29, 0.717) is 29.6 Å². The van der Waals surface area contributed by atoms with Crippen LogP contribution in [0.3, 0.4) is 0 Å². The SMILES string of the molecule is Cc1ccc(S(=O)(=O)N2CC[NH+](CCOc3ccc(Cl)cc3)CC2)cc1. The monoisotopic (exact) mass is 395 g/mol. The summed E-state index contributed by atoms with van der Waals surface area (Å²) >= 11 is 5.86. The number of piperazine rings is 1. The Bertz CT molecular complexity index is 815. The fourth-order valence-corrected chi connectivity index (χ4v) is 4.56. The fourth-order valence-electron chi connectivity index (χ4n) is 3.00. The number of nitrogens with one attached hydrogen (secondary N) is 1. The quantitative estimate of drug-likeness (QED) is 0.808. The lowest BCUT2D eigenvalue weighted by Gasteiger charge is -2.31. The minimum Gasteiger partial charge on any atom is -0.488 e. The smallest absolute Gasteiger partial charge is 0.243 e. The maximum Gasteiger partial charge on any atom is 0.243 e. The molecule has 0 aliphatic carbocycles. The zero-order chi connectivity index (χ0) is 18.6. The molecule has 0 atom stereocenters. The van der Waals surface area contributed by atoms with Gasteiger partial charge >= 0.3 is 0 Å². The predicted octanol–water partition coefficient (Wildman–Crippen LogP) is 1.62.